The van der Waals surface area contributed by atoms with Crippen LogP contribution in [-0.2, 0) is 19.1 Å². The Morgan fingerprint density at radius 1 is 0.392 bits per heavy atom. The quantitative estimate of drug-likeness (QED) is 0.0464. The van der Waals surface area contributed by atoms with Gasteiger partial charge in [-0.15, -0.1) is 0 Å². The number of nitrogens with zero attached hydrogens (tertiary/aromatic N) is 1. The number of unbranched alkanes of at least 4 members (excludes halogenated alkanes) is 25. The van der Waals surface area contributed by atoms with Gasteiger partial charge < -0.3 is 14.4 Å². The van der Waals surface area contributed by atoms with E-state index >= 15 is 0 Å². The van der Waals surface area contributed by atoms with Gasteiger partial charge in [0.2, 0.25) is 0 Å². The molecule has 0 aliphatic carbocycles. The summed E-state index contributed by atoms with van der Waals surface area (Å²) in [4.78, 5) is 27.3. The average Bonchev–Trinajstić information content (AvgIpc) is 3.13. The fourth-order valence-electron chi connectivity index (χ4n) is 7.12. The number of carbonyl (C=O) groups excluding carboxylic acids is 2. The third-order valence-corrected chi connectivity index (χ3v) is 10.6. The molecule has 0 unspecified atom stereocenters. The summed E-state index contributed by atoms with van der Waals surface area (Å²) in [6, 6.07) is 0. The van der Waals surface area contributed by atoms with Gasteiger partial charge in [0.1, 0.15) is 6.10 Å². The minimum atomic E-state index is -0.00116. The van der Waals surface area contributed by atoms with Gasteiger partial charge in [0.05, 0.1) is 6.61 Å². The Balaban J connectivity index is 4.00. The van der Waals surface area contributed by atoms with Crippen LogP contribution in [0.4, 0.5) is 0 Å². The van der Waals surface area contributed by atoms with E-state index in [-0.39, 0.29) is 18.0 Å². The van der Waals surface area contributed by atoms with Gasteiger partial charge in [-0.05, 0) is 83.8 Å². The Morgan fingerprint density at radius 2 is 0.745 bits per heavy atom. The van der Waals surface area contributed by atoms with Crippen molar-refractivity contribution < 1.29 is 19.1 Å². The maximum Gasteiger partial charge on any atom is 0.306 e. The zero-order valence-electron chi connectivity index (χ0n) is 35.2. The Kier molecular flexibility index (Phi) is 40.8. The second-order valence-electron chi connectivity index (χ2n) is 15.8. The molecule has 0 aromatic heterocycles. The van der Waals surface area contributed by atoms with Gasteiger partial charge in [0, 0.05) is 12.8 Å². The summed E-state index contributed by atoms with van der Waals surface area (Å²) in [6.45, 7) is 13.3. The highest BCUT2D eigenvalue weighted by Gasteiger charge is 2.14. The number of ether oxygens (including phenoxy) is 2. The van der Waals surface area contributed by atoms with Crippen LogP contribution >= 0.6 is 0 Å². The molecule has 0 bridgehead atoms. The summed E-state index contributed by atoms with van der Waals surface area (Å²) >= 11 is 0. The molecule has 5 nitrogen and oxygen atoms in total. The van der Waals surface area contributed by atoms with Crippen molar-refractivity contribution in [3.8, 4) is 0 Å². The van der Waals surface area contributed by atoms with Crippen LogP contribution in [0.25, 0.3) is 0 Å². The molecule has 0 radical (unpaired) electrons. The van der Waals surface area contributed by atoms with E-state index in [0.29, 0.717) is 19.4 Å². The lowest BCUT2D eigenvalue weighted by atomic mass is 10.0. The predicted molar refractivity (Wildman–Crippen MR) is 222 cm³/mol. The molecule has 0 N–H and O–H groups in total. The maximum atomic E-state index is 12.7. The minimum Gasteiger partial charge on any atom is -0.466 e. The van der Waals surface area contributed by atoms with Gasteiger partial charge >= 0.3 is 11.9 Å². The van der Waals surface area contributed by atoms with Crippen molar-refractivity contribution in [1.29, 1.82) is 0 Å². The molecule has 0 aromatic rings. The number of esters is 2. The Morgan fingerprint density at radius 3 is 1.22 bits per heavy atom. The third kappa shape index (κ3) is 38.4. The second kappa shape index (κ2) is 41.7. The first kappa shape index (κ1) is 49.9. The fraction of sp³-hybridized carbons (Fsp3) is 0.957. The molecule has 0 saturated heterocycles. The standard InChI is InChI=1S/C46H91NO4/c1-5-9-13-16-22-29-36-44(37-30-23-17-14-10-6-2)51-46(49)39-32-25-21-27-34-42-47(40-12-8-4)41-33-26-20-18-19-24-31-38-45(48)50-43-35-28-15-11-7-3/h44H,5-43H2,1-4H3. The van der Waals surface area contributed by atoms with Crippen molar-refractivity contribution >= 4 is 11.9 Å². The largest absolute Gasteiger partial charge is 0.466 e. The fourth-order valence-corrected chi connectivity index (χ4v) is 7.12. The van der Waals surface area contributed by atoms with Crippen molar-refractivity contribution in [1.82, 2.24) is 4.90 Å². The number of rotatable bonds is 42. The molecule has 51 heavy (non-hydrogen) atoms. The molecule has 0 spiro atoms. The average molecular weight is 722 g/mol. The molecule has 304 valence electrons. The van der Waals surface area contributed by atoms with E-state index in [1.54, 1.807) is 0 Å². The van der Waals surface area contributed by atoms with Crippen molar-refractivity contribution in [3.05, 3.63) is 0 Å². The second-order valence-corrected chi connectivity index (χ2v) is 15.8. The van der Waals surface area contributed by atoms with Crippen molar-refractivity contribution in [2.75, 3.05) is 26.2 Å². The van der Waals surface area contributed by atoms with Gasteiger partial charge in [-0.25, -0.2) is 0 Å². The molecule has 0 saturated carbocycles. The summed E-state index contributed by atoms with van der Waals surface area (Å²) in [5.41, 5.74) is 0. The molecule has 0 amide bonds. The summed E-state index contributed by atoms with van der Waals surface area (Å²) in [5.74, 6) is 0.0463. The predicted octanol–water partition coefficient (Wildman–Crippen LogP) is 14.5. The van der Waals surface area contributed by atoms with Crippen LogP contribution in [-0.4, -0.2) is 49.2 Å². The first-order valence-corrected chi connectivity index (χ1v) is 23.1. The van der Waals surface area contributed by atoms with E-state index in [4.69, 9.17) is 9.47 Å². The van der Waals surface area contributed by atoms with Gasteiger partial charge in [-0.2, -0.15) is 0 Å². The first-order chi connectivity index (χ1) is 25.1. The van der Waals surface area contributed by atoms with Gasteiger partial charge in [0.25, 0.3) is 0 Å². The topological polar surface area (TPSA) is 55.8 Å². The number of carbonyl (C=O) groups is 2. The van der Waals surface area contributed by atoms with Crippen LogP contribution in [0.15, 0.2) is 0 Å². The highest BCUT2D eigenvalue weighted by atomic mass is 16.5. The SMILES string of the molecule is CCCCCCCCC(CCCCCCCC)OC(=O)CCCCCCCN(CCCC)CCCCCCCCCC(=O)OCCCCCCC. The smallest absolute Gasteiger partial charge is 0.306 e. The van der Waals surface area contributed by atoms with Crippen LogP contribution in [0.3, 0.4) is 0 Å². The normalized spacial score (nSPS) is 11.6. The van der Waals surface area contributed by atoms with Gasteiger partial charge in [-0.3, -0.25) is 9.59 Å². The van der Waals surface area contributed by atoms with E-state index in [1.165, 1.54) is 187 Å². The molecule has 0 rings (SSSR count). The molecule has 0 aromatic carbocycles. The third-order valence-electron chi connectivity index (χ3n) is 10.6. The molecule has 0 atom stereocenters. The summed E-state index contributed by atoms with van der Waals surface area (Å²) in [5, 5.41) is 0. The van der Waals surface area contributed by atoms with Crippen molar-refractivity contribution in [3.63, 3.8) is 0 Å². The molecule has 0 fully saturated rings. The molecule has 0 aliphatic heterocycles. The van der Waals surface area contributed by atoms with Crippen LogP contribution in [0.2, 0.25) is 0 Å². The number of hydrogen-bond donors (Lipinski definition) is 0. The summed E-state index contributed by atoms with van der Waals surface area (Å²) in [7, 11) is 0. The van der Waals surface area contributed by atoms with Crippen LogP contribution in [0, 0.1) is 0 Å². The van der Waals surface area contributed by atoms with Crippen molar-refractivity contribution in [2.24, 2.45) is 0 Å². The molecule has 5 heteroatoms. The van der Waals surface area contributed by atoms with E-state index in [0.717, 1.165) is 44.9 Å². The lowest BCUT2D eigenvalue weighted by Gasteiger charge is -2.22. The minimum absolute atomic E-state index is 0.00116. The van der Waals surface area contributed by atoms with Crippen LogP contribution < -0.4 is 0 Å². The lowest BCUT2D eigenvalue weighted by molar-refractivity contribution is -0.150. The van der Waals surface area contributed by atoms with E-state index in [9.17, 15) is 9.59 Å². The first-order valence-electron chi connectivity index (χ1n) is 23.1. The molecular weight excluding hydrogens is 631 g/mol. The van der Waals surface area contributed by atoms with Crippen molar-refractivity contribution in [2.45, 2.75) is 259 Å². The highest BCUT2D eigenvalue weighted by Crippen LogP contribution is 2.19. The van der Waals surface area contributed by atoms with E-state index in [2.05, 4.69) is 32.6 Å². The monoisotopic (exact) mass is 722 g/mol. The zero-order valence-corrected chi connectivity index (χ0v) is 35.2. The Hall–Kier alpha value is -1.10. The molecular formula is C46H91NO4. The van der Waals surface area contributed by atoms with E-state index < -0.39 is 0 Å². The maximum absolute atomic E-state index is 12.7. The Bertz CT molecular complexity index is 697. The Labute approximate surface area is 319 Å². The molecule has 0 aliphatic rings. The van der Waals surface area contributed by atoms with Crippen LogP contribution in [0.5, 0.6) is 0 Å². The van der Waals surface area contributed by atoms with Crippen LogP contribution in [0.1, 0.15) is 252 Å². The summed E-state index contributed by atoms with van der Waals surface area (Å²) < 4.78 is 11.4. The highest BCUT2D eigenvalue weighted by molar-refractivity contribution is 5.69. The number of hydrogen-bond acceptors (Lipinski definition) is 5. The van der Waals surface area contributed by atoms with Gasteiger partial charge in [0.15, 0.2) is 0 Å². The lowest BCUT2D eigenvalue weighted by Crippen LogP contribution is -2.27. The van der Waals surface area contributed by atoms with Gasteiger partial charge in [-0.1, -0.05) is 175 Å². The summed E-state index contributed by atoms with van der Waals surface area (Å²) in [6.07, 6.45) is 42.0. The van der Waals surface area contributed by atoms with E-state index in [1.807, 2.05) is 0 Å². The zero-order chi connectivity index (χ0) is 37.3. The molecule has 0 heterocycles.